The van der Waals surface area contributed by atoms with Gasteiger partial charge in [-0.1, -0.05) is 12.1 Å². The molecule has 0 bridgehead atoms. The molecule has 1 aliphatic rings. The van der Waals surface area contributed by atoms with Crippen molar-refractivity contribution >= 4 is 0 Å². The fourth-order valence-electron chi connectivity index (χ4n) is 2.36. The molecule has 1 fully saturated rings. The molecule has 2 N–H and O–H groups in total. The van der Waals surface area contributed by atoms with Crippen molar-refractivity contribution < 1.29 is 19.3 Å². The van der Waals surface area contributed by atoms with Gasteiger partial charge in [0.1, 0.15) is 11.4 Å². The molecule has 0 radical (unpaired) electrons. The quantitative estimate of drug-likeness (QED) is 0.784. The number of hydrogen-bond donors (Lipinski definition) is 2. The standard InChI is InChI=1S/C15H23NO4/c1-18-13-5-3-4-12(8-13)14(17)9-16-10-15(19-2)6-7-20-11-15/h3-5,8,14,16-17H,6-7,9-11H2,1-2H3. The Morgan fingerprint density at radius 2 is 2.30 bits per heavy atom. The lowest BCUT2D eigenvalue weighted by atomic mass is 10.0. The second-order valence-electron chi connectivity index (χ2n) is 5.11. The number of aliphatic hydroxyl groups excluding tert-OH is 1. The van der Waals surface area contributed by atoms with E-state index in [1.54, 1.807) is 14.2 Å². The average Bonchev–Trinajstić information content (AvgIpc) is 2.96. The molecule has 0 amide bonds. The fourth-order valence-corrected chi connectivity index (χ4v) is 2.36. The van der Waals surface area contributed by atoms with Gasteiger partial charge in [-0.05, 0) is 17.7 Å². The van der Waals surface area contributed by atoms with Crippen molar-refractivity contribution in [3.05, 3.63) is 29.8 Å². The normalized spacial score (nSPS) is 23.8. The number of nitrogens with one attached hydrogen (secondary N) is 1. The Labute approximate surface area is 119 Å². The predicted octanol–water partition coefficient (Wildman–Crippen LogP) is 1.12. The Bertz CT molecular complexity index is 418. The smallest absolute Gasteiger partial charge is 0.119 e. The summed E-state index contributed by atoms with van der Waals surface area (Å²) in [6.45, 7) is 2.47. The average molecular weight is 281 g/mol. The Morgan fingerprint density at radius 3 is 2.95 bits per heavy atom. The van der Waals surface area contributed by atoms with E-state index in [1.165, 1.54) is 0 Å². The zero-order chi connectivity index (χ0) is 14.4. The maximum absolute atomic E-state index is 10.2. The number of methoxy groups -OCH3 is 2. The molecule has 1 aliphatic heterocycles. The molecule has 0 saturated carbocycles. The highest BCUT2D eigenvalue weighted by Gasteiger charge is 2.34. The molecule has 1 aromatic rings. The fraction of sp³-hybridized carbons (Fsp3) is 0.600. The SMILES string of the molecule is COc1cccc(C(O)CNCC2(OC)CCOC2)c1. The first-order valence-corrected chi connectivity index (χ1v) is 6.85. The Hall–Kier alpha value is -1.14. The molecule has 5 heteroatoms. The lowest BCUT2D eigenvalue weighted by Crippen LogP contribution is -2.44. The van der Waals surface area contributed by atoms with Crippen LogP contribution in [0.3, 0.4) is 0 Å². The molecule has 5 nitrogen and oxygen atoms in total. The van der Waals surface area contributed by atoms with Crippen LogP contribution in [-0.4, -0.2) is 51.2 Å². The molecule has 2 atom stereocenters. The molecular formula is C15H23NO4. The number of benzene rings is 1. The summed E-state index contributed by atoms with van der Waals surface area (Å²) in [5.74, 6) is 0.749. The molecule has 2 rings (SSSR count). The van der Waals surface area contributed by atoms with E-state index in [2.05, 4.69) is 5.32 Å². The molecule has 0 aliphatic carbocycles. The molecule has 0 aromatic heterocycles. The Balaban J connectivity index is 1.83. The molecule has 1 heterocycles. The first kappa shape index (κ1) is 15.3. The summed E-state index contributed by atoms with van der Waals surface area (Å²) in [4.78, 5) is 0. The molecule has 1 aromatic carbocycles. The van der Waals surface area contributed by atoms with Crippen LogP contribution in [0.2, 0.25) is 0 Å². The minimum absolute atomic E-state index is 0.256. The highest BCUT2D eigenvalue weighted by molar-refractivity contribution is 5.29. The second-order valence-corrected chi connectivity index (χ2v) is 5.11. The van der Waals surface area contributed by atoms with Gasteiger partial charge in [-0.15, -0.1) is 0 Å². The van der Waals surface area contributed by atoms with Crippen LogP contribution in [0.25, 0.3) is 0 Å². The maximum atomic E-state index is 10.2. The van der Waals surface area contributed by atoms with E-state index in [-0.39, 0.29) is 5.60 Å². The Morgan fingerprint density at radius 1 is 1.45 bits per heavy atom. The van der Waals surface area contributed by atoms with Crippen LogP contribution >= 0.6 is 0 Å². The summed E-state index contributed by atoms with van der Waals surface area (Å²) >= 11 is 0. The third kappa shape index (κ3) is 3.70. The lowest BCUT2D eigenvalue weighted by molar-refractivity contribution is -0.0173. The number of ether oxygens (including phenoxy) is 3. The number of rotatable bonds is 7. The van der Waals surface area contributed by atoms with E-state index < -0.39 is 6.10 Å². The summed E-state index contributed by atoms with van der Waals surface area (Å²) in [7, 11) is 3.32. The third-order valence-corrected chi connectivity index (χ3v) is 3.76. The highest BCUT2D eigenvalue weighted by Crippen LogP contribution is 2.22. The van der Waals surface area contributed by atoms with Crippen LogP contribution < -0.4 is 10.1 Å². The van der Waals surface area contributed by atoms with Gasteiger partial charge in [0.2, 0.25) is 0 Å². The van der Waals surface area contributed by atoms with E-state index in [0.29, 0.717) is 19.7 Å². The van der Waals surface area contributed by atoms with Crippen molar-refractivity contribution in [1.82, 2.24) is 5.32 Å². The highest BCUT2D eigenvalue weighted by atomic mass is 16.5. The van der Waals surface area contributed by atoms with E-state index in [4.69, 9.17) is 14.2 Å². The Kier molecular flexibility index (Phi) is 5.37. The molecular weight excluding hydrogens is 258 g/mol. The van der Waals surface area contributed by atoms with Crippen molar-refractivity contribution in [2.75, 3.05) is 40.5 Å². The zero-order valence-electron chi connectivity index (χ0n) is 12.1. The molecule has 20 heavy (non-hydrogen) atoms. The minimum Gasteiger partial charge on any atom is -0.497 e. The van der Waals surface area contributed by atoms with Crippen LogP contribution in [0.1, 0.15) is 18.1 Å². The van der Waals surface area contributed by atoms with Crippen LogP contribution in [0, 0.1) is 0 Å². The number of aliphatic hydroxyl groups is 1. The third-order valence-electron chi connectivity index (χ3n) is 3.76. The summed E-state index contributed by atoms with van der Waals surface area (Å²) in [5.41, 5.74) is 0.583. The van der Waals surface area contributed by atoms with Crippen LogP contribution in [0.4, 0.5) is 0 Å². The summed E-state index contributed by atoms with van der Waals surface area (Å²) in [6.07, 6.45) is 0.312. The van der Waals surface area contributed by atoms with Crippen molar-refractivity contribution in [2.45, 2.75) is 18.1 Å². The molecule has 112 valence electrons. The monoisotopic (exact) mass is 281 g/mol. The van der Waals surface area contributed by atoms with Gasteiger partial charge in [0.25, 0.3) is 0 Å². The maximum Gasteiger partial charge on any atom is 0.119 e. The van der Waals surface area contributed by atoms with Crippen molar-refractivity contribution in [2.24, 2.45) is 0 Å². The van der Waals surface area contributed by atoms with E-state index in [1.807, 2.05) is 24.3 Å². The molecule has 1 saturated heterocycles. The van der Waals surface area contributed by atoms with Gasteiger partial charge in [0.15, 0.2) is 0 Å². The summed E-state index contributed by atoms with van der Waals surface area (Å²) < 4.78 is 16.1. The van der Waals surface area contributed by atoms with Crippen molar-refractivity contribution in [1.29, 1.82) is 0 Å². The molecule has 0 spiro atoms. The van der Waals surface area contributed by atoms with Gasteiger partial charge in [0, 0.05) is 33.2 Å². The van der Waals surface area contributed by atoms with E-state index in [9.17, 15) is 5.11 Å². The topological polar surface area (TPSA) is 60.0 Å². The van der Waals surface area contributed by atoms with Gasteiger partial charge in [-0.3, -0.25) is 0 Å². The second kappa shape index (κ2) is 7.04. The van der Waals surface area contributed by atoms with E-state index in [0.717, 1.165) is 24.3 Å². The number of hydrogen-bond acceptors (Lipinski definition) is 5. The minimum atomic E-state index is -0.568. The first-order chi connectivity index (χ1) is 9.69. The predicted molar refractivity (Wildman–Crippen MR) is 76.0 cm³/mol. The molecule has 2 unspecified atom stereocenters. The van der Waals surface area contributed by atoms with Crippen molar-refractivity contribution in [3.63, 3.8) is 0 Å². The van der Waals surface area contributed by atoms with E-state index >= 15 is 0 Å². The van der Waals surface area contributed by atoms with Gasteiger partial charge in [0.05, 0.1) is 19.8 Å². The first-order valence-electron chi connectivity index (χ1n) is 6.85. The van der Waals surface area contributed by atoms with Gasteiger partial charge < -0.3 is 24.6 Å². The van der Waals surface area contributed by atoms with Gasteiger partial charge in [-0.2, -0.15) is 0 Å². The van der Waals surface area contributed by atoms with Gasteiger partial charge in [-0.25, -0.2) is 0 Å². The van der Waals surface area contributed by atoms with Crippen molar-refractivity contribution in [3.8, 4) is 5.75 Å². The van der Waals surface area contributed by atoms with Crippen LogP contribution in [-0.2, 0) is 9.47 Å². The zero-order valence-corrected chi connectivity index (χ0v) is 12.1. The lowest BCUT2D eigenvalue weighted by Gasteiger charge is -2.26. The van der Waals surface area contributed by atoms with Crippen LogP contribution in [0.5, 0.6) is 5.75 Å². The summed E-state index contributed by atoms with van der Waals surface area (Å²) in [6, 6.07) is 7.47. The van der Waals surface area contributed by atoms with Crippen LogP contribution in [0.15, 0.2) is 24.3 Å². The largest absolute Gasteiger partial charge is 0.497 e. The van der Waals surface area contributed by atoms with Gasteiger partial charge >= 0.3 is 0 Å². The summed E-state index contributed by atoms with van der Waals surface area (Å²) in [5, 5.41) is 13.4.